The number of ether oxygens (including phenoxy) is 2. The lowest BCUT2D eigenvalue weighted by Crippen LogP contribution is -2.44. The van der Waals surface area contributed by atoms with Gasteiger partial charge >= 0.3 is 12.1 Å². The molecule has 0 rings (SSSR count). The summed E-state index contributed by atoms with van der Waals surface area (Å²) in [4.78, 5) is 23.4. The Morgan fingerprint density at radius 1 is 1.26 bits per heavy atom. The van der Waals surface area contributed by atoms with E-state index in [1.54, 1.807) is 27.7 Å². The number of alkyl carbamates (subject to hydrolysis) is 1. The smallest absolute Gasteiger partial charge is 0.408 e. The van der Waals surface area contributed by atoms with Gasteiger partial charge in [0, 0.05) is 5.88 Å². The molecule has 0 aliphatic carbocycles. The first-order valence-corrected chi connectivity index (χ1v) is 7.05. The van der Waals surface area contributed by atoms with Crippen LogP contribution in [0.4, 0.5) is 4.79 Å². The van der Waals surface area contributed by atoms with Crippen LogP contribution in [0.5, 0.6) is 0 Å². The molecule has 0 aromatic carbocycles. The van der Waals surface area contributed by atoms with Crippen molar-refractivity contribution in [1.29, 1.82) is 0 Å². The summed E-state index contributed by atoms with van der Waals surface area (Å²) in [5.41, 5.74) is -0.598. The second kappa shape index (κ2) is 9.02. The fourth-order valence-corrected chi connectivity index (χ4v) is 1.57. The first-order chi connectivity index (χ1) is 8.80. The maximum Gasteiger partial charge on any atom is 0.408 e. The van der Waals surface area contributed by atoms with E-state index in [0.29, 0.717) is 12.3 Å². The van der Waals surface area contributed by atoms with Gasteiger partial charge in [0.2, 0.25) is 0 Å². The Morgan fingerprint density at radius 2 is 1.89 bits per heavy atom. The number of carbonyl (C=O) groups is 2. The highest BCUT2D eigenvalue weighted by atomic mass is 35.5. The maximum atomic E-state index is 11.7. The number of alkyl halides is 1. The van der Waals surface area contributed by atoms with Crippen molar-refractivity contribution in [3.8, 4) is 0 Å². The van der Waals surface area contributed by atoms with E-state index < -0.39 is 23.7 Å². The third-order valence-corrected chi connectivity index (χ3v) is 2.41. The number of amides is 1. The van der Waals surface area contributed by atoms with Crippen LogP contribution in [0.3, 0.4) is 0 Å². The molecule has 5 nitrogen and oxygen atoms in total. The van der Waals surface area contributed by atoms with Crippen molar-refractivity contribution >= 4 is 23.7 Å². The standard InChI is InChI=1S/C13H24ClNO4/c1-5-18-11(16)10(8-6-7-9-14)15-12(17)19-13(2,3)4/h10H,5-9H2,1-4H3,(H,15,17). The molecule has 0 saturated carbocycles. The molecule has 6 heteroatoms. The minimum atomic E-state index is -0.682. The SMILES string of the molecule is CCOC(=O)C(CCCCCl)NC(=O)OC(C)(C)C. The summed E-state index contributed by atoms with van der Waals surface area (Å²) in [7, 11) is 0. The lowest BCUT2D eigenvalue weighted by Gasteiger charge is -2.22. The second-order valence-electron chi connectivity index (χ2n) is 5.14. The molecule has 0 heterocycles. The fourth-order valence-electron chi connectivity index (χ4n) is 1.38. The molecule has 19 heavy (non-hydrogen) atoms. The Bertz CT molecular complexity index is 289. The number of nitrogens with one attached hydrogen (secondary N) is 1. The first kappa shape index (κ1) is 18.0. The zero-order valence-electron chi connectivity index (χ0n) is 12.1. The number of carbonyl (C=O) groups excluding carboxylic acids is 2. The lowest BCUT2D eigenvalue weighted by molar-refractivity contribution is -0.145. The quantitative estimate of drug-likeness (QED) is 0.445. The van der Waals surface area contributed by atoms with E-state index in [0.717, 1.165) is 12.8 Å². The van der Waals surface area contributed by atoms with E-state index in [-0.39, 0.29) is 6.61 Å². The Kier molecular flexibility index (Phi) is 8.56. The molecule has 0 aliphatic heterocycles. The third kappa shape index (κ3) is 9.59. The Morgan fingerprint density at radius 3 is 2.37 bits per heavy atom. The summed E-state index contributed by atoms with van der Waals surface area (Å²) in [6.07, 6.45) is 1.40. The molecule has 0 aromatic heterocycles. The molecule has 1 unspecified atom stereocenters. The average molecular weight is 294 g/mol. The van der Waals surface area contributed by atoms with Gasteiger partial charge in [-0.2, -0.15) is 0 Å². The van der Waals surface area contributed by atoms with Gasteiger partial charge in [0.05, 0.1) is 6.61 Å². The van der Waals surface area contributed by atoms with Crippen LogP contribution >= 0.6 is 11.6 Å². The van der Waals surface area contributed by atoms with Gasteiger partial charge in [0.1, 0.15) is 11.6 Å². The molecule has 1 N–H and O–H groups in total. The normalized spacial score (nSPS) is 12.7. The van der Waals surface area contributed by atoms with Gasteiger partial charge in [-0.3, -0.25) is 0 Å². The zero-order valence-corrected chi connectivity index (χ0v) is 12.9. The molecule has 1 amide bonds. The van der Waals surface area contributed by atoms with Gasteiger partial charge in [-0.1, -0.05) is 0 Å². The number of unbranched alkanes of at least 4 members (excludes halogenated alkanes) is 1. The Hall–Kier alpha value is -0.970. The molecule has 0 saturated heterocycles. The summed E-state index contributed by atoms with van der Waals surface area (Å²) < 4.78 is 10.0. The van der Waals surface area contributed by atoms with Gasteiger partial charge in [-0.05, 0) is 47.0 Å². The van der Waals surface area contributed by atoms with Crippen molar-refractivity contribution in [2.45, 2.75) is 58.6 Å². The number of hydrogen-bond acceptors (Lipinski definition) is 4. The summed E-state index contributed by atoms with van der Waals surface area (Å²) in [6.45, 7) is 7.29. The van der Waals surface area contributed by atoms with Crippen LogP contribution in [0.15, 0.2) is 0 Å². The van der Waals surface area contributed by atoms with Crippen LogP contribution in [0, 0.1) is 0 Å². The Labute approximate surface area is 120 Å². The van der Waals surface area contributed by atoms with E-state index in [1.807, 2.05) is 0 Å². The van der Waals surface area contributed by atoms with Crippen LogP contribution in [-0.2, 0) is 14.3 Å². The predicted octanol–water partition coefficient (Wildman–Crippen LogP) is 2.85. The largest absolute Gasteiger partial charge is 0.464 e. The van der Waals surface area contributed by atoms with Gasteiger partial charge in [-0.25, -0.2) is 9.59 Å². The van der Waals surface area contributed by atoms with Crippen molar-refractivity contribution in [3.63, 3.8) is 0 Å². The summed E-state index contributed by atoms with van der Waals surface area (Å²) in [5.74, 6) is 0.0880. The van der Waals surface area contributed by atoms with Crippen molar-refractivity contribution in [3.05, 3.63) is 0 Å². The van der Waals surface area contributed by atoms with Crippen LogP contribution in [0.25, 0.3) is 0 Å². The number of hydrogen-bond donors (Lipinski definition) is 1. The first-order valence-electron chi connectivity index (χ1n) is 6.52. The minimum Gasteiger partial charge on any atom is -0.464 e. The molecule has 0 aromatic rings. The zero-order chi connectivity index (χ0) is 14.9. The molecule has 0 radical (unpaired) electrons. The molecule has 0 aliphatic rings. The van der Waals surface area contributed by atoms with Gasteiger partial charge in [0.15, 0.2) is 0 Å². The average Bonchev–Trinajstić information content (AvgIpc) is 2.25. The van der Waals surface area contributed by atoms with Gasteiger partial charge in [-0.15, -0.1) is 11.6 Å². The highest BCUT2D eigenvalue weighted by molar-refractivity contribution is 6.17. The topological polar surface area (TPSA) is 64.6 Å². The van der Waals surface area contributed by atoms with E-state index >= 15 is 0 Å². The fraction of sp³-hybridized carbons (Fsp3) is 0.846. The molecule has 0 bridgehead atoms. The van der Waals surface area contributed by atoms with Crippen molar-refractivity contribution in [2.24, 2.45) is 0 Å². The van der Waals surface area contributed by atoms with Crippen LogP contribution < -0.4 is 5.32 Å². The molecular formula is C13H24ClNO4. The third-order valence-electron chi connectivity index (χ3n) is 2.14. The summed E-state index contributed by atoms with van der Waals surface area (Å²) in [5, 5.41) is 2.54. The van der Waals surface area contributed by atoms with Crippen molar-refractivity contribution in [2.75, 3.05) is 12.5 Å². The lowest BCUT2D eigenvalue weighted by atomic mass is 10.1. The predicted molar refractivity (Wildman–Crippen MR) is 74.4 cm³/mol. The molecule has 1 atom stereocenters. The summed E-state index contributed by atoms with van der Waals surface area (Å²) >= 11 is 5.59. The van der Waals surface area contributed by atoms with Crippen molar-refractivity contribution in [1.82, 2.24) is 5.32 Å². The maximum absolute atomic E-state index is 11.7. The van der Waals surface area contributed by atoms with Crippen LogP contribution in [-0.4, -0.2) is 36.2 Å². The Balaban J connectivity index is 4.39. The molecule has 112 valence electrons. The number of rotatable bonds is 7. The minimum absolute atomic E-state index is 0.279. The second-order valence-corrected chi connectivity index (χ2v) is 5.51. The van der Waals surface area contributed by atoms with E-state index in [1.165, 1.54) is 0 Å². The summed E-state index contributed by atoms with van der Waals surface area (Å²) in [6, 6.07) is -0.682. The molecule has 0 fully saturated rings. The van der Waals surface area contributed by atoms with E-state index in [2.05, 4.69) is 5.32 Å². The number of esters is 1. The molecular weight excluding hydrogens is 270 g/mol. The highest BCUT2D eigenvalue weighted by Crippen LogP contribution is 2.09. The number of halogens is 1. The van der Waals surface area contributed by atoms with Crippen LogP contribution in [0.1, 0.15) is 47.0 Å². The van der Waals surface area contributed by atoms with E-state index in [9.17, 15) is 9.59 Å². The van der Waals surface area contributed by atoms with Crippen LogP contribution in [0.2, 0.25) is 0 Å². The van der Waals surface area contributed by atoms with Crippen molar-refractivity contribution < 1.29 is 19.1 Å². The highest BCUT2D eigenvalue weighted by Gasteiger charge is 2.24. The monoisotopic (exact) mass is 293 g/mol. The van der Waals surface area contributed by atoms with Gasteiger partial charge < -0.3 is 14.8 Å². The van der Waals surface area contributed by atoms with E-state index in [4.69, 9.17) is 21.1 Å². The molecule has 0 spiro atoms. The van der Waals surface area contributed by atoms with Gasteiger partial charge in [0.25, 0.3) is 0 Å².